The van der Waals surface area contributed by atoms with Crippen molar-refractivity contribution in [3.05, 3.63) is 92.7 Å². The molecule has 0 amide bonds. The van der Waals surface area contributed by atoms with Gasteiger partial charge >= 0.3 is 0 Å². The van der Waals surface area contributed by atoms with Gasteiger partial charge in [-0.2, -0.15) is 0 Å². The average molecular weight is 453 g/mol. The Kier molecular flexibility index (Phi) is 4.88. The van der Waals surface area contributed by atoms with Gasteiger partial charge in [-0.25, -0.2) is 12.4 Å². The summed E-state index contributed by atoms with van der Waals surface area (Å²) >= 11 is 5.07. The van der Waals surface area contributed by atoms with Crippen molar-refractivity contribution in [1.82, 2.24) is 18.8 Å². The van der Waals surface area contributed by atoms with Gasteiger partial charge < -0.3 is 4.98 Å². The molecule has 0 atom stereocenters. The number of aromatic amines is 2. The summed E-state index contributed by atoms with van der Waals surface area (Å²) in [5, 5.41) is 0.884. The highest BCUT2D eigenvalue weighted by molar-refractivity contribution is 7.90. The van der Waals surface area contributed by atoms with E-state index in [1.807, 2.05) is 24.3 Å². The van der Waals surface area contributed by atoms with Crippen LogP contribution in [-0.2, 0) is 29.5 Å². The number of para-hydroxylation sites is 1. The van der Waals surface area contributed by atoms with Gasteiger partial charge in [0.15, 0.2) is 4.77 Å². The van der Waals surface area contributed by atoms with E-state index in [4.69, 9.17) is 12.2 Å². The van der Waals surface area contributed by atoms with Gasteiger partial charge in [0.2, 0.25) is 0 Å². The van der Waals surface area contributed by atoms with Crippen molar-refractivity contribution in [2.75, 3.05) is 6.54 Å². The molecule has 7 nitrogen and oxygen atoms in total. The van der Waals surface area contributed by atoms with Crippen molar-refractivity contribution >= 4 is 33.1 Å². The fourth-order valence-corrected chi connectivity index (χ4v) is 5.77. The van der Waals surface area contributed by atoms with E-state index in [2.05, 4.69) is 14.9 Å². The molecule has 2 aromatic carbocycles. The predicted octanol–water partition coefficient (Wildman–Crippen LogP) is 3.18. The summed E-state index contributed by atoms with van der Waals surface area (Å²) in [6, 6.07) is 15.9. The third-order valence-electron chi connectivity index (χ3n) is 5.64. The van der Waals surface area contributed by atoms with E-state index in [9.17, 15) is 13.2 Å². The van der Waals surface area contributed by atoms with Gasteiger partial charge in [-0.05, 0) is 36.0 Å². The van der Waals surface area contributed by atoms with Gasteiger partial charge in [0.25, 0.3) is 15.6 Å². The Hall–Kier alpha value is -3.01. The minimum Gasteiger partial charge on any atom is -0.335 e. The zero-order valence-electron chi connectivity index (χ0n) is 16.5. The minimum atomic E-state index is -3.72. The predicted molar refractivity (Wildman–Crippen MR) is 121 cm³/mol. The molecule has 0 saturated heterocycles. The first-order valence-electron chi connectivity index (χ1n) is 9.90. The first kappa shape index (κ1) is 19.9. The molecule has 1 aliphatic heterocycles. The number of hydrogen-bond acceptors (Lipinski definition) is 5. The van der Waals surface area contributed by atoms with Crippen LogP contribution in [-0.4, -0.2) is 33.8 Å². The summed E-state index contributed by atoms with van der Waals surface area (Å²) in [5.74, 6) is 0. The standard InChI is InChI=1S/C22H20N4O3S2/c27-21-18-14-25(11-10-19(18)23-22(30)24-21)12-15-13-26(20-9-5-4-8-17(15)20)31(28,29)16-6-2-1-3-7-16/h1-9,13H,10-12,14H2,(H2,23,24,27,30). The first-order valence-corrected chi connectivity index (χ1v) is 11.7. The van der Waals surface area contributed by atoms with Crippen molar-refractivity contribution < 1.29 is 8.42 Å². The largest absolute Gasteiger partial charge is 0.335 e. The molecule has 0 unspecified atom stereocenters. The number of hydrogen-bond donors (Lipinski definition) is 2. The number of nitrogens with zero attached hydrogens (tertiary/aromatic N) is 2. The van der Waals surface area contributed by atoms with Crippen LogP contribution in [0.1, 0.15) is 16.8 Å². The van der Waals surface area contributed by atoms with Crippen molar-refractivity contribution in [2.24, 2.45) is 0 Å². The molecule has 31 heavy (non-hydrogen) atoms. The Morgan fingerprint density at radius 3 is 2.55 bits per heavy atom. The minimum absolute atomic E-state index is 0.169. The summed E-state index contributed by atoms with van der Waals surface area (Å²) in [5.41, 5.74) is 2.93. The fraction of sp³-hybridized carbons (Fsp3) is 0.182. The molecule has 0 saturated carbocycles. The van der Waals surface area contributed by atoms with Crippen molar-refractivity contribution in [2.45, 2.75) is 24.4 Å². The highest BCUT2D eigenvalue weighted by Crippen LogP contribution is 2.28. The molecule has 1 aliphatic rings. The van der Waals surface area contributed by atoms with E-state index < -0.39 is 10.0 Å². The molecule has 158 valence electrons. The van der Waals surface area contributed by atoms with Gasteiger partial charge in [0, 0.05) is 43.3 Å². The maximum atomic E-state index is 13.3. The number of rotatable bonds is 4. The highest BCUT2D eigenvalue weighted by Gasteiger charge is 2.24. The van der Waals surface area contributed by atoms with Gasteiger partial charge in [0.05, 0.1) is 16.0 Å². The van der Waals surface area contributed by atoms with Crippen molar-refractivity contribution in [3.8, 4) is 0 Å². The maximum Gasteiger partial charge on any atom is 0.268 e. The van der Waals surface area contributed by atoms with E-state index in [0.717, 1.165) is 23.2 Å². The van der Waals surface area contributed by atoms with Gasteiger partial charge in [-0.3, -0.25) is 14.7 Å². The molecule has 0 aliphatic carbocycles. The Bertz CT molecular complexity index is 1500. The Balaban J connectivity index is 1.54. The second-order valence-electron chi connectivity index (χ2n) is 7.61. The van der Waals surface area contributed by atoms with E-state index in [1.165, 1.54) is 3.97 Å². The fourth-order valence-electron chi connectivity index (χ4n) is 4.14. The molecular formula is C22H20N4O3S2. The number of aromatic nitrogens is 3. The summed E-state index contributed by atoms with van der Waals surface area (Å²) in [7, 11) is -3.72. The van der Waals surface area contributed by atoms with Crippen molar-refractivity contribution in [3.63, 3.8) is 0 Å². The lowest BCUT2D eigenvalue weighted by molar-refractivity contribution is 0.242. The molecule has 9 heteroatoms. The number of fused-ring (bicyclic) bond motifs is 2. The van der Waals surface area contributed by atoms with Crippen LogP contribution >= 0.6 is 12.2 Å². The second kappa shape index (κ2) is 7.60. The summed E-state index contributed by atoms with van der Waals surface area (Å²) in [6.45, 7) is 1.75. The van der Waals surface area contributed by atoms with E-state index in [-0.39, 0.29) is 10.5 Å². The van der Waals surface area contributed by atoms with Crippen LogP contribution in [0.15, 0.2) is 70.5 Å². The van der Waals surface area contributed by atoms with Crippen molar-refractivity contribution in [1.29, 1.82) is 0 Å². The molecule has 2 N–H and O–H groups in total. The summed E-state index contributed by atoms with van der Waals surface area (Å²) in [6.07, 6.45) is 2.38. The maximum absolute atomic E-state index is 13.3. The quantitative estimate of drug-likeness (QED) is 0.464. The highest BCUT2D eigenvalue weighted by atomic mass is 32.2. The van der Waals surface area contributed by atoms with Crippen LogP contribution in [0.2, 0.25) is 0 Å². The molecule has 3 heterocycles. The second-order valence-corrected chi connectivity index (χ2v) is 9.83. The smallest absolute Gasteiger partial charge is 0.268 e. The van der Waals surface area contributed by atoms with Crippen LogP contribution < -0.4 is 5.56 Å². The van der Waals surface area contributed by atoms with Crippen LogP contribution in [0.25, 0.3) is 10.9 Å². The Labute approximate surface area is 184 Å². The third-order valence-corrected chi connectivity index (χ3v) is 7.54. The molecule has 0 bridgehead atoms. The number of benzene rings is 2. The molecule has 5 rings (SSSR count). The van der Waals surface area contributed by atoms with Gasteiger partial charge in [-0.1, -0.05) is 36.4 Å². The average Bonchev–Trinajstić information content (AvgIpc) is 3.14. The van der Waals surface area contributed by atoms with E-state index in [0.29, 0.717) is 35.4 Å². The van der Waals surface area contributed by atoms with Crippen LogP contribution in [0.4, 0.5) is 0 Å². The summed E-state index contributed by atoms with van der Waals surface area (Å²) < 4.78 is 28.3. The topological polar surface area (TPSA) is 91.0 Å². The molecule has 0 radical (unpaired) electrons. The van der Waals surface area contributed by atoms with Gasteiger partial charge in [0.1, 0.15) is 0 Å². The van der Waals surface area contributed by atoms with Crippen LogP contribution in [0, 0.1) is 4.77 Å². The lowest BCUT2D eigenvalue weighted by Gasteiger charge is -2.27. The zero-order chi connectivity index (χ0) is 21.6. The SMILES string of the molecule is O=c1[nH]c(=S)[nH]c2c1CN(Cc1cn(S(=O)(=O)c3ccccc3)c3ccccc13)CC2. The third kappa shape index (κ3) is 3.54. The molecule has 0 spiro atoms. The summed E-state index contributed by atoms with van der Waals surface area (Å²) in [4.78, 5) is 20.5. The van der Waals surface area contributed by atoms with E-state index >= 15 is 0 Å². The normalized spacial score (nSPS) is 14.6. The van der Waals surface area contributed by atoms with Crippen LogP contribution in [0.5, 0.6) is 0 Å². The Morgan fingerprint density at radius 1 is 1.00 bits per heavy atom. The first-order chi connectivity index (χ1) is 14.9. The van der Waals surface area contributed by atoms with E-state index in [1.54, 1.807) is 36.5 Å². The zero-order valence-corrected chi connectivity index (χ0v) is 18.2. The Morgan fingerprint density at radius 2 is 1.74 bits per heavy atom. The molecule has 4 aromatic rings. The molecule has 0 fully saturated rings. The molecule has 2 aromatic heterocycles. The van der Waals surface area contributed by atoms with Crippen LogP contribution in [0.3, 0.4) is 0 Å². The number of nitrogens with one attached hydrogen (secondary N) is 2. The molecular weight excluding hydrogens is 432 g/mol. The monoisotopic (exact) mass is 452 g/mol. The lowest BCUT2D eigenvalue weighted by atomic mass is 10.1. The van der Waals surface area contributed by atoms with Gasteiger partial charge in [-0.15, -0.1) is 0 Å². The number of H-pyrrole nitrogens is 2. The lowest BCUT2D eigenvalue weighted by Crippen LogP contribution is -2.35.